The number of hydrogen-bond donors (Lipinski definition) is 2. The molecule has 0 atom stereocenters. The van der Waals surface area contributed by atoms with Gasteiger partial charge in [0.15, 0.2) is 11.5 Å². The Hall–Kier alpha value is -3.18. The number of aromatic nitrogens is 2. The molecule has 1 heterocycles. The lowest BCUT2D eigenvalue weighted by Gasteiger charge is -2.13. The number of carbonyl (C=O) groups excluding carboxylic acids is 2. The van der Waals surface area contributed by atoms with Crippen LogP contribution in [0.25, 0.3) is 0 Å². The van der Waals surface area contributed by atoms with E-state index in [4.69, 9.17) is 14.2 Å². The summed E-state index contributed by atoms with van der Waals surface area (Å²) >= 11 is 4.58. The lowest BCUT2D eigenvalue weighted by atomic mass is 10.1. The number of hydrogen-bond acceptors (Lipinski definition) is 8. The van der Waals surface area contributed by atoms with Crippen LogP contribution >= 0.6 is 27.3 Å². The molecule has 9 nitrogen and oxygen atoms in total. The predicted molar refractivity (Wildman–Crippen MR) is 124 cm³/mol. The zero-order valence-electron chi connectivity index (χ0n) is 17.6. The Balaban J connectivity index is 1.59. The number of anilines is 1. The first-order valence-electron chi connectivity index (χ1n) is 9.42. The topological polar surface area (TPSA) is 112 Å². The van der Waals surface area contributed by atoms with Crippen molar-refractivity contribution in [2.45, 2.75) is 6.42 Å². The molecule has 0 bridgehead atoms. The fraction of sp³-hybridized carbons (Fsp3) is 0.238. The molecule has 168 valence electrons. The van der Waals surface area contributed by atoms with Gasteiger partial charge in [-0.1, -0.05) is 33.3 Å². The lowest BCUT2D eigenvalue weighted by Crippen LogP contribution is -2.25. The predicted octanol–water partition coefficient (Wildman–Crippen LogP) is 3.55. The van der Waals surface area contributed by atoms with Gasteiger partial charge in [0, 0.05) is 28.6 Å². The Morgan fingerprint density at radius 1 is 0.969 bits per heavy atom. The van der Waals surface area contributed by atoms with E-state index in [1.807, 2.05) is 6.07 Å². The first-order chi connectivity index (χ1) is 15.4. The van der Waals surface area contributed by atoms with E-state index in [-0.39, 0.29) is 5.91 Å². The summed E-state index contributed by atoms with van der Waals surface area (Å²) in [5.41, 5.74) is 0.882. The minimum Gasteiger partial charge on any atom is -0.493 e. The molecule has 2 aromatic carbocycles. The van der Waals surface area contributed by atoms with Crippen LogP contribution < -0.4 is 24.8 Å². The third-order valence-electron chi connectivity index (χ3n) is 4.33. The first kappa shape index (κ1) is 23.5. The summed E-state index contributed by atoms with van der Waals surface area (Å²) in [6.07, 6.45) is 0.484. The zero-order valence-corrected chi connectivity index (χ0v) is 20.0. The van der Waals surface area contributed by atoms with Crippen LogP contribution in [-0.4, -0.2) is 49.9 Å². The molecule has 0 aliphatic carbocycles. The van der Waals surface area contributed by atoms with Gasteiger partial charge in [0.2, 0.25) is 10.9 Å². The van der Waals surface area contributed by atoms with Gasteiger partial charge in [0.1, 0.15) is 5.01 Å². The molecule has 0 unspecified atom stereocenters. The molecule has 0 radical (unpaired) electrons. The quantitative estimate of drug-likeness (QED) is 0.443. The van der Waals surface area contributed by atoms with Gasteiger partial charge in [-0.3, -0.25) is 14.9 Å². The number of ether oxygens (including phenoxy) is 3. The highest BCUT2D eigenvalue weighted by Crippen LogP contribution is 2.38. The smallest absolute Gasteiger partial charge is 0.257 e. The molecule has 2 N–H and O–H groups in total. The molecule has 3 rings (SSSR count). The molecule has 0 aliphatic heterocycles. The van der Waals surface area contributed by atoms with E-state index in [1.165, 1.54) is 32.7 Å². The van der Waals surface area contributed by atoms with Crippen molar-refractivity contribution >= 4 is 44.2 Å². The summed E-state index contributed by atoms with van der Waals surface area (Å²) in [7, 11) is 4.45. The second-order valence-corrected chi connectivity index (χ2v) is 8.36. The number of rotatable bonds is 9. The Labute approximate surface area is 197 Å². The van der Waals surface area contributed by atoms with E-state index in [0.29, 0.717) is 51.5 Å². The summed E-state index contributed by atoms with van der Waals surface area (Å²) in [5, 5.41) is 14.6. The van der Waals surface area contributed by atoms with Gasteiger partial charge in [-0.2, -0.15) is 0 Å². The summed E-state index contributed by atoms with van der Waals surface area (Å²) in [4.78, 5) is 24.9. The van der Waals surface area contributed by atoms with E-state index < -0.39 is 5.91 Å². The number of methoxy groups -OCH3 is 3. The van der Waals surface area contributed by atoms with Crippen molar-refractivity contribution in [1.29, 1.82) is 0 Å². The minimum absolute atomic E-state index is 0.174. The molecule has 32 heavy (non-hydrogen) atoms. The summed E-state index contributed by atoms with van der Waals surface area (Å²) in [6.45, 7) is 0.390. The largest absolute Gasteiger partial charge is 0.493 e. The second-order valence-electron chi connectivity index (χ2n) is 6.39. The summed E-state index contributed by atoms with van der Waals surface area (Å²) in [6, 6.07) is 10.2. The molecule has 0 aliphatic rings. The average molecular weight is 521 g/mol. The van der Waals surface area contributed by atoms with Crippen molar-refractivity contribution in [3.05, 3.63) is 57.0 Å². The van der Waals surface area contributed by atoms with Crippen molar-refractivity contribution < 1.29 is 23.8 Å². The fourth-order valence-electron chi connectivity index (χ4n) is 2.80. The fourth-order valence-corrected chi connectivity index (χ4v) is 3.93. The Kier molecular flexibility index (Phi) is 8.01. The Bertz CT molecular complexity index is 1100. The molecular weight excluding hydrogens is 500 g/mol. The minimum atomic E-state index is -0.394. The third kappa shape index (κ3) is 5.74. The Morgan fingerprint density at radius 3 is 2.31 bits per heavy atom. The lowest BCUT2D eigenvalue weighted by molar-refractivity contribution is 0.0953. The molecule has 3 aromatic rings. The van der Waals surface area contributed by atoms with Gasteiger partial charge in [-0.05, 0) is 30.3 Å². The van der Waals surface area contributed by atoms with Crippen LogP contribution in [0.4, 0.5) is 5.13 Å². The van der Waals surface area contributed by atoms with E-state index in [9.17, 15) is 9.59 Å². The normalized spacial score (nSPS) is 10.4. The second kappa shape index (κ2) is 10.9. The van der Waals surface area contributed by atoms with E-state index in [1.54, 1.807) is 30.3 Å². The van der Waals surface area contributed by atoms with Crippen LogP contribution in [-0.2, 0) is 6.42 Å². The van der Waals surface area contributed by atoms with Crippen molar-refractivity contribution in [2.75, 3.05) is 33.2 Å². The highest BCUT2D eigenvalue weighted by Gasteiger charge is 2.18. The maximum atomic E-state index is 12.7. The average Bonchev–Trinajstić information content (AvgIpc) is 3.24. The number of nitrogens with one attached hydrogen (secondary N) is 2. The molecule has 1 aromatic heterocycles. The third-order valence-corrected chi connectivity index (χ3v) is 5.72. The Morgan fingerprint density at radius 2 is 1.69 bits per heavy atom. The molecule has 2 amide bonds. The van der Waals surface area contributed by atoms with Crippen molar-refractivity contribution in [3.63, 3.8) is 0 Å². The van der Waals surface area contributed by atoms with Gasteiger partial charge >= 0.3 is 0 Å². The van der Waals surface area contributed by atoms with Crippen molar-refractivity contribution in [2.24, 2.45) is 0 Å². The molecule has 0 spiro atoms. The standard InChI is InChI=1S/C21H21BrN4O5S/c1-29-15-10-13(11-16(30-2)18(15)31-3)20(28)24-21-26-25-17(32-21)7-8-23-19(27)12-5-4-6-14(22)9-12/h4-6,9-11H,7-8H2,1-3H3,(H,23,27)(H,24,26,28). The van der Waals surface area contributed by atoms with Crippen LogP contribution in [0.15, 0.2) is 40.9 Å². The SMILES string of the molecule is COc1cc(C(=O)Nc2nnc(CCNC(=O)c3cccc(Br)c3)s2)cc(OC)c1OC. The zero-order chi connectivity index (χ0) is 23.1. The maximum Gasteiger partial charge on any atom is 0.257 e. The van der Waals surface area contributed by atoms with Gasteiger partial charge in [-0.25, -0.2) is 0 Å². The van der Waals surface area contributed by atoms with E-state index >= 15 is 0 Å². The monoisotopic (exact) mass is 520 g/mol. The molecule has 0 saturated carbocycles. The number of amides is 2. The van der Waals surface area contributed by atoms with Crippen molar-refractivity contribution in [1.82, 2.24) is 15.5 Å². The summed E-state index contributed by atoms with van der Waals surface area (Å²) in [5.74, 6) is 0.573. The van der Waals surface area contributed by atoms with Gasteiger partial charge in [0.25, 0.3) is 11.8 Å². The number of halogens is 1. The van der Waals surface area contributed by atoms with E-state index in [0.717, 1.165) is 4.47 Å². The highest BCUT2D eigenvalue weighted by atomic mass is 79.9. The van der Waals surface area contributed by atoms with Gasteiger partial charge < -0.3 is 19.5 Å². The first-order valence-corrected chi connectivity index (χ1v) is 11.0. The van der Waals surface area contributed by atoms with Gasteiger partial charge in [0.05, 0.1) is 21.3 Å². The molecule has 0 saturated heterocycles. The highest BCUT2D eigenvalue weighted by molar-refractivity contribution is 9.10. The maximum absolute atomic E-state index is 12.7. The molecule has 11 heteroatoms. The van der Waals surface area contributed by atoms with E-state index in [2.05, 4.69) is 36.8 Å². The van der Waals surface area contributed by atoms with Crippen LogP contribution in [0.2, 0.25) is 0 Å². The summed E-state index contributed by atoms with van der Waals surface area (Å²) < 4.78 is 16.7. The number of carbonyl (C=O) groups is 2. The van der Waals surface area contributed by atoms with Crippen LogP contribution in [0.5, 0.6) is 17.2 Å². The number of benzene rings is 2. The number of nitrogens with zero attached hydrogens (tertiary/aromatic N) is 2. The van der Waals surface area contributed by atoms with Crippen LogP contribution in [0, 0.1) is 0 Å². The van der Waals surface area contributed by atoms with Crippen LogP contribution in [0.3, 0.4) is 0 Å². The molecule has 0 fully saturated rings. The van der Waals surface area contributed by atoms with Crippen LogP contribution in [0.1, 0.15) is 25.7 Å². The van der Waals surface area contributed by atoms with Gasteiger partial charge in [-0.15, -0.1) is 10.2 Å². The van der Waals surface area contributed by atoms with Crippen molar-refractivity contribution in [3.8, 4) is 17.2 Å². The molecular formula is C21H21BrN4O5S.